The Morgan fingerprint density at radius 3 is 2.48 bits per heavy atom. The smallest absolute Gasteiger partial charge is 0.211 e. The number of aryl methyl sites for hydroxylation is 1. The lowest BCUT2D eigenvalue weighted by atomic mass is 10.1. The molecule has 0 aliphatic carbocycles. The van der Waals surface area contributed by atoms with Crippen LogP contribution in [0.2, 0.25) is 0 Å². The van der Waals surface area contributed by atoms with Crippen molar-refractivity contribution in [3.05, 3.63) is 65.2 Å². The monoisotopic (exact) mass is 311 g/mol. The Morgan fingerprint density at radius 1 is 1.10 bits per heavy atom. The Bertz CT molecular complexity index is 745. The number of nitrogens with one attached hydrogen (secondary N) is 1. The van der Waals surface area contributed by atoms with E-state index in [1.165, 1.54) is 30.3 Å². The van der Waals surface area contributed by atoms with Crippen molar-refractivity contribution in [2.45, 2.75) is 18.2 Å². The van der Waals surface area contributed by atoms with Crippen LogP contribution in [0.15, 0.2) is 47.4 Å². The van der Waals surface area contributed by atoms with Crippen molar-refractivity contribution < 1.29 is 17.2 Å². The summed E-state index contributed by atoms with van der Waals surface area (Å²) in [5, 5.41) is 0. The van der Waals surface area contributed by atoms with Crippen LogP contribution in [-0.2, 0) is 16.4 Å². The molecule has 0 bridgehead atoms. The number of hydrogen-bond donors (Lipinski definition) is 1. The summed E-state index contributed by atoms with van der Waals surface area (Å²) in [4.78, 5) is -0.374. The summed E-state index contributed by atoms with van der Waals surface area (Å²) in [6, 6.07) is 9.52. The van der Waals surface area contributed by atoms with Crippen molar-refractivity contribution in [2.75, 3.05) is 6.54 Å². The van der Waals surface area contributed by atoms with E-state index in [0.717, 1.165) is 17.2 Å². The number of halogens is 2. The average Bonchev–Trinajstić information content (AvgIpc) is 2.41. The third-order valence-corrected chi connectivity index (χ3v) is 4.61. The molecule has 0 spiro atoms. The molecule has 0 saturated carbocycles. The van der Waals surface area contributed by atoms with Crippen LogP contribution in [0.4, 0.5) is 8.78 Å². The topological polar surface area (TPSA) is 46.2 Å². The van der Waals surface area contributed by atoms with E-state index in [9.17, 15) is 17.2 Å². The molecule has 0 radical (unpaired) electrons. The largest absolute Gasteiger partial charge is 0.243 e. The highest BCUT2D eigenvalue weighted by molar-refractivity contribution is 7.89. The molecule has 0 fully saturated rings. The van der Waals surface area contributed by atoms with Gasteiger partial charge in [-0.2, -0.15) is 0 Å². The van der Waals surface area contributed by atoms with Gasteiger partial charge in [0.15, 0.2) is 0 Å². The minimum Gasteiger partial charge on any atom is -0.211 e. The molecule has 0 heterocycles. The molecular weight excluding hydrogens is 296 g/mol. The van der Waals surface area contributed by atoms with Crippen LogP contribution in [-0.4, -0.2) is 15.0 Å². The highest BCUT2D eigenvalue weighted by Crippen LogP contribution is 2.14. The fraction of sp³-hybridized carbons (Fsp3) is 0.200. The normalized spacial score (nSPS) is 11.6. The van der Waals surface area contributed by atoms with Gasteiger partial charge in [-0.25, -0.2) is 21.9 Å². The Hall–Kier alpha value is -1.79. The first kappa shape index (κ1) is 15.6. The Morgan fingerprint density at radius 2 is 1.81 bits per heavy atom. The quantitative estimate of drug-likeness (QED) is 0.923. The number of hydrogen-bond acceptors (Lipinski definition) is 2. The van der Waals surface area contributed by atoms with Crippen molar-refractivity contribution in [3.63, 3.8) is 0 Å². The maximum Gasteiger partial charge on any atom is 0.243 e. The SMILES string of the molecule is Cc1cc(F)ccc1CCNS(=O)(=O)c1ccccc1F. The maximum atomic E-state index is 13.5. The highest BCUT2D eigenvalue weighted by atomic mass is 32.2. The highest BCUT2D eigenvalue weighted by Gasteiger charge is 2.17. The van der Waals surface area contributed by atoms with Gasteiger partial charge in [-0.05, 0) is 48.7 Å². The van der Waals surface area contributed by atoms with Gasteiger partial charge in [-0.1, -0.05) is 18.2 Å². The summed E-state index contributed by atoms with van der Waals surface area (Å²) >= 11 is 0. The van der Waals surface area contributed by atoms with E-state index in [1.54, 1.807) is 13.0 Å². The first-order chi connectivity index (χ1) is 9.90. The third-order valence-electron chi connectivity index (χ3n) is 3.12. The Kier molecular flexibility index (Phi) is 4.69. The van der Waals surface area contributed by atoms with Crippen molar-refractivity contribution in [3.8, 4) is 0 Å². The van der Waals surface area contributed by atoms with E-state index in [1.807, 2.05) is 0 Å². The van der Waals surface area contributed by atoms with Crippen molar-refractivity contribution >= 4 is 10.0 Å². The summed E-state index contributed by atoms with van der Waals surface area (Å²) in [5.41, 5.74) is 1.59. The summed E-state index contributed by atoms with van der Waals surface area (Å²) < 4.78 is 52.7. The molecule has 0 saturated heterocycles. The molecule has 0 unspecified atom stereocenters. The van der Waals surface area contributed by atoms with Crippen LogP contribution in [0.25, 0.3) is 0 Å². The van der Waals surface area contributed by atoms with Crippen LogP contribution in [0, 0.1) is 18.6 Å². The van der Waals surface area contributed by atoms with Crippen LogP contribution < -0.4 is 4.72 Å². The number of sulfonamides is 1. The van der Waals surface area contributed by atoms with Gasteiger partial charge in [0.1, 0.15) is 16.5 Å². The molecule has 0 aliphatic rings. The summed E-state index contributed by atoms with van der Waals surface area (Å²) in [6.07, 6.45) is 0.403. The van der Waals surface area contributed by atoms with Gasteiger partial charge in [0.2, 0.25) is 10.0 Å². The molecule has 3 nitrogen and oxygen atoms in total. The van der Waals surface area contributed by atoms with Gasteiger partial charge in [0.25, 0.3) is 0 Å². The first-order valence-corrected chi connectivity index (χ1v) is 7.88. The third kappa shape index (κ3) is 3.86. The second-order valence-corrected chi connectivity index (χ2v) is 6.38. The van der Waals surface area contributed by atoms with Gasteiger partial charge >= 0.3 is 0 Å². The Labute approximate surface area is 122 Å². The van der Waals surface area contributed by atoms with Crippen molar-refractivity contribution in [2.24, 2.45) is 0 Å². The van der Waals surface area contributed by atoms with Crippen LogP contribution >= 0.6 is 0 Å². The minimum atomic E-state index is -3.88. The van der Waals surface area contributed by atoms with Gasteiger partial charge < -0.3 is 0 Å². The molecule has 21 heavy (non-hydrogen) atoms. The van der Waals surface area contributed by atoms with Gasteiger partial charge in [-0.3, -0.25) is 0 Å². The molecule has 1 N–H and O–H groups in total. The van der Waals surface area contributed by atoms with E-state index in [0.29, 0.717) is 6.42 Å². The molecule has 2 aromatic carbocycles. The van der Waals surface area contributed by atoms with E-state index >= 15 is 0 Å². The number of rotatable bonds is 5. The van der Waals surface area contributed by atoms with Gasteiger partial charge in [-0.15, -0.1) is 0 Å². The van der Waals surface area contributed by atoms with E-state index in [-0.39, 0.29) is 17.3 Å². The number of benzene rings is 2. The zero-order chi connectivity index (χ0) is 15.5. The molecule has 2 rings (SSSR count). The van der Waals surface area contributed by atoms with Crippen LogP contribution in [0.3, 0.4) is 0 Å². The molecule has 2 aromatic rings. The maximum absolute atomic E-state index is 13.5. The van der Waals surface area contributed by atoms with Gasteiger partial charge in [0, 0.05) is 6.54 Å². The molecule has 0 aliphatic heterocycles. The fourth-order valence-corrected chi connectivity index (χ4v) is 3.11. The summed E-state index contributed by atoms with van der Waals surface area (Å²) in [5.74, 6) is -1.12. The van der Waals surface area contributed by atoms with Crippen LogP contribution in [0.5, 0.6) is 0 Å². The molecule has 6 heteroatoms. The zero-order valence-corrected chi connectivity index (χ0v) is 12.3. The average molecular weight is 311 g/mol. The predicted octanol–water partition coefficient (Wildman–Crippen LogP) is 2.79. The summed E-state index contributed by atoms with van der Waals surface area (Å²) in [6.45, 7) is 1.87. The molecule has 0 aromatic heterocycles. The zero-order valence-electron chi connectivity index (χ0n) is 11.4. The lowest BCUT2D eigenvalue weighted by Crippen LogP contribution is -2.27. The standard InChI is InChI=1S/C15H15F2NO2S/c1-11-10-13(16)7-6-12(11)8-9-18-21(19,20)15-5-3-2-4-14(15)17/h2-7,10,18H,8-9H2,1H3. The van der Waals surface area contributed by atoms with E-state index in [2.05, 4.69) is 4.72 Å². The second kappa shape index (κ2) is 6.32. The van der Waals surface area contributed by atoms with Crippen molar-refractivity contribution in [1.29, 1.82) is 0 Å². The second-order valence-electron chi connectivity index (χ2n) is 4.65. The van der Waals surface area contributed by atoms with Gasteiger partial charge in [0.05, 0.1) is 0 Å². The fourth-order valence-electron chi connectivity index (χ4n) is 2.00. The summed E-state index contributed by atoms with van der Waals surface area (Å²) in [7, 11) is -3.88. The Balaban J connectivity index is 2.04. The lowest BCUT2D eigenvalue weighted by Gasteiger charge is -2.09. The molecule has 0 amide bonds. The first-order valence-electron chi connectivity index (χ1n) is 6.39. The van der Waals surface area contributed by atoms with E-state index < -0.39 is 15.8 Å². The van der Waals surface area contributed by atoms with Crippen LogP contribution in [0.1, 0.15) is 11.1 Å². The van der Waals surface area contributed by atoms with Crippen molar-refractivity contribution in [1.82, 2.24) is 4.72 Å². The minimum absolute atomic E-state index is 0.114. The molecule has 0 atom stereocenters. The predicted molar refractivity (Wildman–Crippen MR) is 76.4 cm³/mol. The van der Waals surface area contributed by atoms with E-state index in [4.69, 9.17) is 0 Å². The lowest BCUT2D eigenvalue weighted by molar-refractivity contribution is 0.557. The molecular formula is C15H15F2NO2S. The molecule has 112 valence electrons.